The van der Waals surface area contributed by atoms with Gasteiger partial charge in [0.2, 0.25) is 0 Å². The Morgan fingerprint density at radius 2 is 0.960 bits per heavy atom. The van der Waals surface area contributed by atoms with Crippen molar-refractivity contribution in [2.75, 3.05) is 0 Å². The highest BCUT2D eigenvalue weighted by molar-refractivity contribution is 5.44. The second kappa shape index (κ2) is 11.5. The molecule has 25 heavy (non-hydrogen) atoms. The van der Waals surface area contributed by atoms with E-state index in [2.05, 4.69) is 74.2 Å². The van der Waals surface area contributed by atoms with E-state index in [0.29, 0.717) is 0 Å². The van der Waals surface area contributed by atoms with Gasteiger partial charge in [-0.15, -0.1) is 0 Å². The second-order valence-electron chi connectivity index (χ2n) is 6.91. The van der Waals surface area contributed by atoms with Crippen LogP contribution in [-0.2, 0) is 12.8 Å². The molecular weight excluding hydrogens is 300 g/mol. The van der Waals surface area contributed by atoms with Crippen LogP contribution in [0.25, 0.3) is 0 Å². The largest absolute Gasteiger partial charge is 0.0654 e. The minimum absolute atomic E-state index is 1.10. The molecule has 0 atom stereocenters. The van der Waals surface area contributed by atoms with Crippen LogP contribution in [-0.4, -0.2) is 0 Å². The monoisotopic (exact) mass is 332 g/mol. The second-order valence-corrected chi connectivity index (χ2v) is 6.91. The van der Waals surface area contributed by atoms with Gasteiger partial charge >= 0.3 is 0 Å². The van der Waals surface area contributed by atoms with E-state index in [1.807, 2.05) is 0 Å². The van der Waals surface area contributed by atoms with Gasteiger partial charge in [-0.1, -0.05) is 82.1 Å². The smallest absolute Gasteiger partial charge is 0.0249 e. The van der Waals surface area contributed by atoms with Gasteiger partial charge < -0.3 is 0 Å². The number of aryl methyl sites for hydroxylation is 2. The van der Waals surface area contributed by atoms with Gasteiger partial charge in [-0.25, -0.2) is 0 Å². The maximum atomic E-state index is 3.28. The summed E-state index contributed by atoms with van der Waals surface area (Å²) in [6.45, 7) is 4.50. The normalized spacial score (nSPS) is 10.3. The van der Waals surface area contributed by atoms with E-state index in [-0.39, 0.29) is 0 Å². The lowest BCUT2D eigenvalue weighted by Crippen LogP contribution is -1.87. The summed E-state index contributed by atoms with van der Waals surface area (Å²) >= 11 is 0. The van der Waals surface area contributed by atoms with Gasteiger partial charge in [0.25, 0.3) is 0 Å². The van der Waals surface area contributed by atoms with E-state index >= 15 is 0 Å². The summed E-state index contributed by atoms with van der Waals surface area (Å²) < 4.78 is 0. The van der Waals surface area contributed by atoms with Crippen molar-refractivity contribution in [1.29, 1.82) is 0 Å². The summed E-state index contributed by atoms with van der Waals surface area (Å²) in [5.41, 5.74) is 5.04. The fourth-order valence-electron chi connectivity index (χ4n) is 2.97. The Kier molecular flexibility index (Phi) is 8.92. The summed E-state index contributed by atoms with van der Waals surface area (Å²) in [7, 11) is 0. The van der Waals surface area contributed by atoms with Crippen LogP contribution < -0.4 is 0 Å². The van der Waals surface area contributed by atoms with Gasteiger partial charge in [0.15, 0.2) is 0 Å². The van der Waals surface area contributed by atoms with E-state index < -0.39 is 0 Å². The molecule has 0 heterocycles. The van der Waals surface area contributed by atoms with Crippen molar-refractivity contribution in [2.45, 2.75) is 71.6 Å². The first-order chi connectivity index (χ1) is 12.3. The van der Waals surface area contributed by atoms with Crippen LogP contribution in [0.15, 0.2) is 48.5 Å². The van der Waals surface area contributed by atoms with Crippen molar-refractivity contribution in [1.82, 2.24) is 0 Å². The molecule has 0 spiro atoms. The Balaban J connectivity index is 1.83. The maximum Gasteiger partial charge on any atom is 0.0249 e. The molecule has 0 aliphatic heterocycles. The first-order valence-electron chi connectivity index (χ1n) is 10.0. The highest BCUT2D eigenvalue weighted by Crippen LogP contribution is 2.11. The Bertz CT molecular complexity index is 650. The van der Waals surface area contributed by atoms with E-state index in [1.54, 1.807) is 0 Å². The van der Waals surface area contributed by atoms with Crippen LogP contribution in [0.3, 0.4) is 0 Å². The maximum absolute atomic E-state index is 3.28. The molecule has 0 aliphatic rings. The van der Waals surface area contributed by atoms with Gasteiger partial charge in [0, 0.05) is 11.1 Å². The molecule has 2 aromatic carbocycles. The molecule has 132 valence electrons. The average Bonchev–Trinajstić information content (AvgIpc) is 2.66. The van der Waals surface area contributed by atoms with Crippen LogP contribution in [0.4, 0.5) is 0 Å². The van der Waals surface area contributed by atoms with Crippen molar-refractivity contribution < 1.29 is 0 Å². The van der Waals surface area contributed by atoms with Gasteiger partial charge in [-0.2, -0.15) is 0 Å². The highest BCUT2D eigenvalue weighted by Gasteiger charge is 1.95. The predicted octanol–water partition coefficient (Wildman–Crippen LogP) is 6.94. The molecule has 0 bridgehead atoms. The molecule has 0 radical (unpaired) electrons. The molecular formula is C25H32. The summed E-state index contributed by atoms with van der Waals surface area (Å²) in [6.07, 6.45) is 11.6. The van der Waals surface area contributed by atoms with Gasteiger partial charge in [-0.3, -0.25) is 0 Å². The lowest BCUT2D eigenvalue weighted by Gasteiger charge is -2.02. The molecule has 2 aromatic rings. The SMILES string of the molecule is CCCCCCCc1ccc(C#Cc2ccc(CCCC)cc2)cc1. The summed E-state index contributed by atoms with van der Waals surface area (Å²) in [6, 6.07) is 17.5. The van der Waals surface area contributed by atoms with Crippen LogP contribution in [0.1, 0.15) is 81.0 Å². The van der Waals surface area contributed by atoms with Crippen LogP contribution >= 0.6 is 0 Å². The zero-order valence-corrected chi connectivity index (χ0v) is 16.0. The van der Waals surface area contributed by atoms with Gasteiger partial charge in [-0.05, 0) is 61.1 Å². The van der Waals surface area contributed by atoms with E-state index in [0.717, 1.165) is 11.1 Å². The Morgan fingerprint density at radius 3 is 1.44 bits per heavy atom. The van der Waals surface area contributed by atoms with E-state index in [1.165, 1.54) is 68.9 Å². The molecule has 0 heteroatoms. The van der Waals surface area contributed by atoms with Crippen LogP contribution in [0, 0.1) is 11.8 Å². The Labute approximate surface area is 154 Å². The first-order valence-corrected chi connectivity index (χ1v) is 10.0. The quantitative estimate of drug-likeness (QED) is 0.344. The van der Waals surface area contributed by atoms with Crippen molar-refractivity contribution in [3.05, 3.63) is 70.8 Å². The number of hydrogen-bond acceptors (Lipinski definition) is 0. The molecule has 0 N–H and O–H groups in total. The number of benzene rings is 2. The molecule has 0 saturated heterocycles. The zero-order valence-electron chi connectivity index (χ0n) is 16.0. The minimum atomic E-state index is 1.10. The molecule has 0 nitrogen and oxygen atoms in total. The molecule has 0 aliphatic carbocycles. The minimum Gasteiger partial charge on any atom is -0.0654 e. The number of rotatable bonds is 9. The van der Waals surface area contributed by atoms with Gasteiger partial charge in [0.05, 0.1) is 0 Å². The van der Waals surface area contributed by atoms with Crippen molar-refractivity contribution in [2.24, 2.45) is 0 Å². The third kappa shape index (κ3) is 7.61. The third-order valence-electron chi connectivity index (χ3n) is 4.65. The van der Waals surface area contributed by atoms with Crippen molar-refractivity contribution in [3.8, 4) is 11.8 Å². The summed E-state index contributed by atoms with van der Waals surface area (Å²) in [5, 5.41) is 0. The Morgan fingerprint density at radius 1 is 0.520 bits per heavy atom. The standard InChI is InChI=1S/C25H32/c1-3-5-7-8-9-11-23-14-18-25(19-15-23)21-20-24-16-12-22(13-17-24)10-6-4-2/h12-19H,3-11H2,1-2H3. The van der Waals surface area contributed by atoms with Crippen molar-refractivity contribution >= 4 is 0 Å². The highest BCUT2D eigenvalue weighted by atomic mass is 14.0. The summed E-state index contributed by atoms with van der Waals surface area (Å²) in [4.78, 5) is 0. The summed E-state index contributed by atoms with van der Waals surface area (Å²) in [5.74, 6) is 6.56. The lowest BCUT2D eigenvalue weighted by atomic mass is 10.0. The van der Waals surface area contributed by atoms with Crippen LogP contribution in [0.5, 0.6) is 0 Å². The van der Waals surface area contributed by atoms with Crippen molar-refractivity contribution in [3.63, 3.8) is 0 Å². The molecule has 0 unspecified atom stereocenters. The first kappa shape index (κ1) is 19.3. The number of hydrogen-bond donors (Lipinski definition) is 0. The van der Waals surface area contributed by atoms with Crippen LogP contribution in [0.2, 0.25) is 0 Å². The molecule has 2 rings (SSSR count). The van der Waals surface area contributed by atoms with E-state index in [9.17, 15) is 0 Å². The lowest BCUT2D eigenvalue weighted by molar-refractivity contribution is 0.632. The molecule has 0 saturated carbocycles. The predicted molar refractivity (Wildman–Crippen MR) is 110 cm³/mol. The topological polar surface area (TPSA) is 0 Å². The number of unbranched alkanes of at least 4 members (excludes halogenated alkanes) is 5. The zero-order chi connectivity index (χ0) is 17.7. The Hall–Kier alpha value is -2.00. The average molecular weight is 333 g/mol. The van der Waals surface area contributed by atoms with Gasteiger partial charge in [0.1, 0.15) is 0 Å². The molecule has 0 aromatic heterocycles. The van der Waals surface area contributed by atoms with E-state index in [4.69, 9.17) is 0 Å². The third-order valence-corrected chi connectivity index (χ3v) is 4.65. The fourth-order valence-corrected chi connectivity index (χ4v) is 2.97. The fraction of sp³-hybridized carbons (Fsp3) is 0.440. The molecule has 0 fully saturated rings. The molecule has 0 amide bonds.